The average Bonchev–Trinajstić information content (AvgIpc) is 2.17. The summed E-state index contributed by atoms with van der Waals surface area (Å²) in [6.45, 7) is 0.988. The van der Waals surface area contributed by atoms with Gasteiger partial charge in [-0.15, -0.1) is 0 Å². The van der Waals surface area contributed by atoms with Gasteiger partial charge < -0.3 is 5.11 Å². The molecule has 0 amide bonds. The number of nitrogens with zero attached hydrogens (tertiary/aromatic N) is 1. The van der Waals surface area contributed by atoms with Gasteiger partial charge in [-0.3, -0.25) is 9.69 Å². The lowest BCUT2D eigenvalue weighted by Gasteiger charge is -2.42. The van der Waals surface area contributed by atoms with Crippen molar-refractivity contribution in [3.05, 3.63) is 0 Å². The molecule has 2 aliphatic rings. The van der Waals surface area contributed by atoms with Gasteiger partial charge in [-0.25, -0.2) is 0 Å². The molecule has 0 aromatic heterocycles. The van der Waals surface area contributed by atoms with Gasteiger partial charge in [-0.2, -0.15) is 11.8 Å². The molecule has 0 spiro atoms. The Morgan fingerprint density at radius 3 is 3.00 bits per heavy atom. The fraction of sp³-hybridized carbons (Fsp3) is 0.889. The molecule has 0 aromatic carbocycles. The largest absolute Gasteiger partial charge is 0.480 e. The zero-order valence-corrected chi connectivity index (χ0v) is 8.42. The van der Waals surface area contributed by atoms with Crippen LogP contribution < -0.4 is 0 Å². The average molecular weight is 201 g/mol. The fourth-order valence-corrected chi connectivity index (χ4v) is 3.56. The first kappa shape index (κ1) is 9.34. The number of hydrogen-bond donors (Lipinski definition) is 1. The molecule has 3 nitrogen and oxygen atoms in total. The number of carboxylic acid groups (broad SMARTS) is 1. The highest BCUT2D eigenvalue weighted by Gasteiger charge is 2.36. The van der Waals surface area contributed by atoms with E-state index in [2.05, 4.69) is 4.90 Å². The molecule has 2 rings (SSSR count). The summed E-state index contributed by atoms with van der Waals surface area (Å²) in [6.07, 6.45) is 3.63. The maximum absolute atomic E-state index is 11.0. The van der Waals surface area contributed by atoms with Crippen molar-refractivity contribution in [2.24, 2.45) is 0 Å². The molecule has 1 N–H and O–H groups in total. The van der Waals surface area contributed by atoms with Crippen LogP contribution in [-0.2, 0) is 4.79 Å². The van der Waals surface area contributed by atoms with Crippen LogP contribution in [0, 0.1) is 0 Å². The van der Waals surface area contributed by atoms with Gasteiger partial charge in [-0.1, -0.05) is 6.42 Å². The summed E-state index contributed by atoms with van der Waals surface area (Å²) in [6, 6.07) is 0.317. The number of hydrogen-bond acceptors (Lipinski definition) is 3. The Bertz CT molecular complexity index is 208. The molecule has 2 aliphatic heterocycles. The van der Waals surface area contributed by atoms with Crippen LogP contribution in [-0.4, -0.2) is 46.1 Å². The lowest BCUT2D eigenvalue weighted by molar-refractivity contribution is -0.143. The minimum Gasteiger partial charge on any atom is -0.480 e. The van der Waals surface area contributed by atoms with Gasteiger partial charge in [0.15, 0.2) is 0 Å². The summed E-state index contributed by atoms with van der Waals surface area (Å²) in [4.78, 5) is 13.2. The molecule has 0 aromatic rings. The van der Waals surface area contributed by atoms with Crippen LogP contribution in [0.4, 0.5) is 0 Å². The number of piperidine rings is 1. The standard InChI is InChI=1S/C9H15NO2S/c11-9(12)8-6-13-5-7-3-1-2-4-10(7)8/h7-8H,1-6H2,(H,11,12). The Morgan fingerprint density at radius 2 is 2.23 bits per heavy atom. The lowest BCUT2D eigenvalue weighted by Crippen LogP contribution is -2.54. The van der Waals surface area contributed by atoms with Gasteiger partial charge in [0, 0.05) is 17.5 Å². The van der Waals surface area contributed by atoms with Crippen molar-refractivity contribution in [2.45, 2.75) is 31.3 Å². The minimum absolute atomic E-state index is 0.218. The van der Waals surface area contributed by atoms with Crippen LogP contribution >= 0.6 is 11.8 Å². The normalized spacial score (nSPS) is 35.4. The number of thioether (sulfide) groups is 1. The molecule has 2 saturated heterocycles. The Balaban J connectivity index is 2.06. The van der Waals surface area contributed by atoms with Gasteiger partial charge in [0.05, 0.1) is 0 Å². The SMILES string of the molecule is O=C(O)C1CSCC2CCCCN21. The predicted molar refractivity (Wildman–Crippen MR) is 53.1 cm³/mol. The van der Waals surface area contributed by atoms with Crippen LogP contribution in [0.3, 0.4) is 0 Å². The molecule has 74 valence electrons. The summed E-state index contributed by atoms with van der Waals surface area (Å²) in [5.74, 6) is 1.26. The van der Waals surface area contributed by atoms with E-state index in [0.29, 0.717) is 6.04 Å². The van der Waals surface area contributed by atoms with Crippen molar-refractivity contribution in [3.8, 4) is 0 Å². The van der Waals surface area contributed by atoms with Crippen molar-refractivity contribution >= 4 is 17.7 Å². The smallest absolute Gasteiger partial charge is 0.321 e. The highest BCUT2D eigenvalue weighted by atomic mass is 32.2. The molecule has 2 fully saturated rings. The maximum atomic E-state index is 11.0. The van der Waals surface area contributed by atoms with Crippen LogP contribution in [0.25, 0.3) is 0 Å². The topological polar surface area (TPSA) is 40.5 Å². The van der Waals surface area contributed by atoms with Crippen molar-refractivity contribution in [3.63, 3.8) is 0 Å². The third kappa shape index (κ3) is 1.83. The van der Waals surface area contributed by atoms with E-state index in [-0.39, 0.29) is 6.04 Å². The second-order valence-electron chi connectivity index (χ2n) is 3.78. The predicted octanol–water partition coefficient (Wildman–Crippen LogP) is 1.04. The summed E-state index contributed by atoms with van der Waals surface area (Å²) in [5, 5.41) is 9.02. The molecule has 2 heterocycles. The fourth-order valence-electron chi connectivity index (χ4n) is 2.24. The molecule has 0 saturated carbocycles. The summed E-state index contributed by atoms with van der Waals surface area (Å²) < 4.78 is 0. The number of aliphatic carboxylic acids is 1. The van der Waals surface area contributed by atoms with Gasteiger partial charge in [0.1, 0.15) is 6.04 Å². The van der Waals surface area contributed by atoms with Crippen molar-refractivity contribution in [1.82, 2.24) is 4.90 Å². The number of carbonyl (C=O) groups is 1. The van der Waals surface area contributed by atoms with E-state index in [1.807, 2.05) is 0 Å². The van der Waals surface area contributed by atoms with Crippen LogP contribution in [0.5, 0.6) is 0 Å². The quantitative estimate of drug-likeness (QED) is 0.688. The van der Waals surface area contributed by atoms with E-state index in [1.165, 1.54) is 19.3 Å². The van der Waals surface area contributed by atoms with Crippen molar-refractivity contribution < 1.29 is 9.90 Å². The van der Waals surface area contributed by atoms with Gasteiger partial charge in [0.2, 0.25) is 0 Å². The zero-order chi connectivity index (χ0) is 9.26. The summed E-state index contributed by atoms with van der Waals surface area (Å²) >= 11 is 1.79. The lowest BCUT2D eigenvalue weighted by atomic mass is 10.0. The monoisotopic (exact) mass is 201 g/mol. The van der Waals surface area contributed by atoms with Gasteiger partial charge in [-0.05, 0) is 19.4 Å². The van der Waals surface area contributed by atoms with Crippen LogP contribution in [0.15, 0.2) is 0 Å². The van der Waals surface area contributed by atoms with Crippen LogP contribution in [0.2, 0.25) is 0 Å². The van der Waals surface area contributed by atoms with E-state index < -0.39 is 5.97 Å². The second kappa shape index (κ2) is 3.88. The zero-order valence-electron chi connectivity index (χ0n) is 7.61. The highest BCUT2D eigenvalue weighted by molar-refractivity contribution is 7.99. The highest BCUT2D eigenvalue weighted by Crippen LogP contribution is 2.28. The number of carboxylic acids is 1. The van der Waals surface area contributed by atoms with Gasteiger partial charge in [0.25, 0.3) is 0 Å². The van der Waals surface area contributed by atoms with E-state index in [9.17, 15) is 4.79 Å². The third-order valence-corrected chi connectivity index (χ3v) is 4.12. The van der Waals surface area contributed by atoms with Crippen LogP contribution in [0.1, 0.15) is 19.3 Å². The summed E-state index contributed by atoms with van der Waals surface area (Å²) in [5.41, 5.74) is 0. The molecule has 0 aliphatic carbocycles. The minimum atomic E-state index is -0.640. The molecule has 4 heteroatoms. The number of rotatable bonds is 1. The summed E-state index contributed by atoms with van der Waals surface area (Å²) in [7, 11) is 0. The first-order valence-corrected chi connectivity index (χ1v) is 6.01. The molecule has 2 unspecified atom stereocenters. The Kier molecular flexibility index (Phi) is 2.79. The maximum Gasteiger partial charge on any atom is 0.321 e. The van der Waals surface area contributed by atoms with E-state index in [0.717, 1.165) is 18.1 Å². The Morgan fingerprint density at radius 1 is 1.38 bits per heavy atom. The van der Waals surface area contributed by atoms with E-state index in [1.54, 1.807) is 11.8 Å². The first-order valence-electron chi connectivity index (χ1n) is 4.85. The van der Waals surface area contributed by atoms with Crippen molar-refractivity contribution in [2.75, 3.05) is 18.1 Å². The second-order valence-corrected chi connectivity index (χ2v) is 4.85. The molecule has 2 atom stereocenters. The first-order chi connectivity index (χ1) is 6.29. The molecular formula is C9H15NO2S. The van der Waals surface area contributed by atoms with E-state index >= 15 is 0 Å². The van der Waals surface area contributed by atoms with Gasteiger partial charge >= 0.3 is 5.97 Å². The van der Waals surface area contributed by atoms with E-state index in [4.69, 9.17) is 5.11 Å². The van der Waals surface area contributed by atoms with Crippen molar-refractivity contribution in [1.29, 1.82) is 0 Å². The number of fused-ring (bicyclic) bond motifs is 1. The Hall–Kier alpha value is -0.220. The Labute approximate surface area is 82.5 Å². The molecule has 13 heavy (non-hydrogen) atoms. The third-order valence-electron chi connectivity index (χ3n) is 2.94. The molecule has 0 radical (unpaired) electrons. The molecule has 0 bridgehead atoms. The molecular weight excluding hydrogens is 186 g/mol.